The third-order valence-corrected chi connectivity index (χ3v) is 5.87. The second-order valence-electron chi connectivity index (χ2n) is 7.52. The van der Waals surface area contributed by atoms with Crippen molar-refractivity contribution in [1.82, 2.24) is 10.2 Å². The molecule has 3 heterocycles. The fourth-order valence-electron chi connectivity index (χ4n) is 4.26. The Morgan fingerprint density at radius 2 is 1.84 bits per heavy atom. The maximum atomic E-state index is 12.8. The quantitative estimate of drug-likeness (QED) is 0.911. The van der Waals surface area contributed by atoms with Crippen molar-refractivity contribution >= 4 is 5.91 Å². The highest BCUT2D eigenvalue weighted by Gasteiger charge is 2.31. The van der Waals surface area contributed by atoms with Crippen LogP contribution in [-0.4, -0.2) is 56.3 Å². The van der Waals surface area contributed by atoms with Crippen LogP contribution < -0.4 is 10.1 Å². The summed E-state index contributed by atoms with van der Waals surface area (Å²) >= 11 is 0. The van der Waals surface area contributed by atoms with Gasteiger partial charge in [-0.25, -0.2) is 0 Å². The smallest absolute Gasteiger partial charge is 0.253 e. The van der Waals surface area contributed by atoms with Crippen molar-refractivity contribution in [3.8, 4) is 5.75 Å². The molecule has 1 amide bonds. The summed E-state index contributed by atoms with van der Waals surface area (Å²) < 4.78 is 11.4. The Morgan fingerprint density at radius 3 is 2.48 bits per heavy atom. The largest absolute Gasteiger partial charge is 0.491 e. The molecule has 3 atom stereocenters. The lowest BCUT2D eigenvalue weighted by Crippen LogP contribution is -2.32. The van der Waals surface area contributed by atoms with Gasteiger partial charge in [0.1, 0.15) is 12.4 Å². The van der Waals surface area contributed by atoms with Crippen LogP contribution in [0.5, 0.6) is 5.75 Å². The lowest BCUT2D eigenvalue weighted by atomic mass is 9.92. The van der Waals surface area contributed by atoms with Crippen molar-refractivity contribution < 1.29 is 14.3 Å². The van der Waals surface area contributed by atoms with E-state index in [1.54, 1.807) is 0 Å². The Labute approximate surface area is 149 Å². The molecule has 1 aromatic rings. The van der Waals surface area contributed by atoms with Gasteiger partial charge in [0, 0.05) is 25.3 Å². The predicted molar refractivity (Wildman–Crippen MR) is 95.9 cm³/mol. The zero-order chi connectivity index (χ0) is 17.1. The summed E-state index contributed by atoms with van der Waals surface area (Å²) in [6.45, 7) is 5.41. The lowest BCUT2D eigenvalue weighted by molar-refractivity contribution is 0.0678. The van der Waals surface area contributed by atoms with Crippen LogP contribution in [-0.2, 0) is 4.74 Å². The van der Waals surface area contributed by atoms with Crippen LogP contribution in [0.1, 0.15) is 36.0 Å². The van der Waals surface area contributed by atoms with Crippen molar-refractivity contribution in [2.45, 2.75) is 31.8 Å². The number of nitrogens with one attached hydrogen (secondary N) is 1. The van der Waals surface area contributed by atoms with Gasteiger partial charge in [0.05, 0.1) is 6.10 Å². The minimum atomic E-state index is 0.151. The summed E-state index contributed by atoms with van der Waals surface area (Å²) in [5.41, 5.74) is 0.759. The first kappa shape index (κ1) is 16.9. The van der Waals surface area contributed by atoms with Crippen LogP contribution in [0.25, 0.3) is 0 Å². The minimum Gasteiger partial charge on any atom is -0.491 e. The van der Waals surface area contributed by atoms with Gasteiger partial charge in [0.15, 0.2) is 0 Å². The topological polar surface area (TPSA) is 50.8 Å². The van der Waals surface area contributed by atoms with E-state index in [9.17, 15) is 4.79 Å². The average molecular weight is 344 g/mol. The van der Waals surface area contributed by atoms with Crippen molar-refractivity contribution in [2.24, 2.45) is 11.8 Å². The lowest BCUT2D eigenvalue weighted by Gasteiger charge is -2.21. The predicted octanol–water partition coefficient (Wildman–Crippen LogP) is 2.32. The molecule has 3 aliphatic heterocycles. The number of carbonyl (C=O) groups excluding carboxylic acids is 1. The highest BCUT2D eigenvalue weighted by molar-refractivity contribution is 5.94. The number of amides is 1. The first-order chi connectivity index (χ1) is 12.3. The molecule has 0 bridgehead atoms. The highest BCUT2D eigenvalue weighted by atomic mass is 16.5. The second-order valence-corrected chi connectivity index (χ2v) is 7.52. The number of hydrogen-bond acceptors (Lipinski definition) is 4. The first-order valence-electron chi connectivity index (χ1n) is 9.64. The molecule has 3 aliphatic rings. The molecule has 3 fully saturated rings. The van der Waals surface area contributed by atoms with E-state index in [4.69, 9.17) is 9.47 Å². The van der Waals surface area contributed by atoms with Crippen LogP contribution in [0.2, 0.25) is 0 Å². The maximum Gasteiger partial charge on any atom is 0.253 e. The molecule has 25 heavy (non-hydrogen) atoms. The van der Waals surface area contributed by atoms with E-state index in [1.807, 2.05) is 29.2 Å². The van der Waals surface area contributed by atoms with E-state index in [1.165, 1.54) is 0 Å². The SMILES string of the molecule is O=C(c1ccc(OCC2CCCO2)cc1)N1CC[C@@H]2CNC[C@@H]2CC1. The van der Waals surface area contributed by atoms with Crippen molar-refractivity contribution in [3.63, 3.8) is 0 Å². The third kappa shape index (κ3) is 3.98. The third-order valence-electron chi connectivity index (χ3n) is 5.87. The molecule has 0 radical (unpaired) electrons. The zero-order valence-electron chi connectivity index (χ0n) is 14.8. The summed E-state index contributed by atoms with van der Waals surface area (Å²) in [6.07, 6.45) is 4.64. The first-order valence-corrected chi connectivity index (χ1v) is 9.64. The average Bonchev–Trinajstić information content (AvgIpc) is 3.29. The van der Waals surface area contributed by atoms with Crippen LogP contribution >= 0.6 is 0 Å². The molecule has 136 valence electrons. The molecule has 0 saturated carbocycles. The van der Waals surface area contributed by atoms with Gasteiger partial charge in [0.25, 0.3) is 5.91 Å². The summed E-state index contributed by atoms with van der Waals surface area (Å²) in [5, 5.41) is 3.48. The van der Waals surface area contributed by atoms with Gasteiger partial charge < -0.3 is 19.7 Å². The zero-order valence-corrected chi connectivity index (χ0v) is 14.8. The van der Waals surface area contributed by atoms with E-state index in [-0.39, 0.29) is 12.0 Å². The number of benzene rings is 1. The minimum absolute atomic E-state index is 0.151. The van der Waals surface area contributed by atoms with Crippen molar-refractivity contribution in [1.29, 1.82) is 0 Å². The number of likely N-dealkylation sites (tertiary alicyclic amines) is 1. The Bertz CT molecular complexity index is 569. The number of nitrogens with zero attached hydrogens (tertiary/aromatic N) is 1. The summed E-state index contributed by atoms with van der Waals surface area (Å²) in [4.78, 5) is 14.8. The number of fused-ring (bicyclic) bond motifs is 1. The standard InChI is InChI=1S/C20H28N2O3/c23-20(22-9-7-16-12-21-13-17(16)8-10-22)15-3-5-18(6-4-15)25-14-19-2-1-11-24-19/h3-6,16-17,19,21H,1-2,7-14H2/t16-,17+,19?. The molecule has 1 aromatic carbocycles. The normalized spacial score (nSPS) is 29.3. The number of carbonyl (C=O) groups is 1. The van der Waals surface area contributed by atoms with Gasteiger partial charge in [-0.05, 0) is 74.9 Å². The van der Waals surface area contributed by atoms with Gasteiger partial charge in [-0.1, -0.05) is 0 Å². The van der Waals surface area contributed by atoms with Gasteiger partial charge in [-0.2, -0.15) is 0 Å². The van der Waals surface area contributed by atoms with Crippen LogP contribution in [0.4, 0.5) is 0 Å². The fraction of sp³-hybridized carbons (Fsp3) is 0.650. The van der Waals surface area contributed by atoms with E-state index < -0.39 is 0 Å². The summed E-state index contributed by atoms with van der Waals surface area (Å²) in [5.74, 6) is 2.44. The number of hydrogen-bond donors (Lipinski definition) is 1. The molecule has 1 unspecified atom stereocenters. The van der Waals surface area contributed by atoms with E-state index in [0.717, 1.165) is 81.6 Å². The monoisotopic (exact) mass is 344 g/mol. The van der Waals surface area contributed by atoms with E-state index >= 15 is 0 Å². The van der Waals surface area contributed by atoms with E-state index in [2.05, 4.69) is 5.32 Å². The molecule has 5 nitrogen and oxygen atoms in total. The number of ether oxygens (including phenoxy) is 2. The van der Waals surface area contributed by atoms with Gasteiger partial charge >= 0.3 is 0 Å². The van der Waals surface area contributed by atoms with Crippen LogP contribution in [0.3, 0.4) is 0 Å². The molecular weight excluding hydrogens is 316 g/mol. The van der Waals surface area contributed by atoms with Crippen molar-refractivity contribution in [2.75, 3.05) is 39.4 Å². The van der Waals surface area contributed by atoms with Gasteiger partial charge in [-0.15, -0.1) is 0 Å². The summed E-state index contributed by atoms with van der Waals surface area (Å²) in [7, 11) is 0. The van der Waals surface area contributed by atoms with Crippen LogP contribution in [0.15, 0.2) is 24.3 Å². The van der Waals surface area contributed by atoms with Crippen LogP contribution in [0, 0.1) is 11.8 Å². The molecule has 0 aromatic heterocycles. The molecule has 0 spiro atoms. The Hall–Kier alpha value is -1.59. The molecule has 5 heteroatoms. The van der Waals surface area contributed by atoms with Gasteiger partial charge in [-0.3, -0.25) is 4.79 Å². The Kier molecular flexibility index (Phi) is 5.22. The van der Waals surface area contributed by atoms with Gasteiger partial charge in [0.2, 0.25) is 0 Å². The summed E-state index contributed by atoms with van der Waals surface area (Å²) in [6, 6.07) is 7.58. The molecular formula is C20H28N2O3. The molecule has 4 rings (SSSR count). The maximum absolute atomic E-state index is 12.8. The highest BCUT2D eigenvalue weighted by Crippen LogP contribution is 2.28. The molecule has 3 saturated heterocycles. The molecule has 1 N–H and O–H groups in total. The van der Waals surface area contributed by atoms with Crippen molar-refractivity contribution in [3.05, 3.63) is 29.8 Å². The molecule has 0 aliphatic carbocycles. The second kappa shape index (κ2) is 7.75. The Morgan fingerprint density at radius 1 is 1.12 bits per heavy atom. The Balaban J connectivity index is 1.32. The van der Waals surface area contributed by atoms with E-state index in [0.29, 0.717) is 6.61 Å². The number of rotatable bonds is 4. The fourth-order valence-corrected chi connectivity index (χ4v) is 4.26.